The summed E-state index contributed by atoms with van der Waals surface area (Å²) in [5.74, 6) is 0.382. The number of aromatic nitrogens is 2. The number of benzene rings is 3. The Bertz CT molecular complexity index is 1770. The van der Waals surface area contributed by atoms with Gasteiger partial charge in [-0.15, -0.1) is 0 Å². The van der Waals surface area contributed by atoms with Gasteiger partial charge in [0.1, 0.15) is 5.82 Å². The molecule has 0 atom stereocenters. The molecule has 226 valence electrons. The molecular weight excluding hydrogens is 555 g/mol. The molecule has 1 saturated heterocycles. The van der Waals surface area contributed by atoms with Crippen LogP contribution >= 0.6 is 0 Å². The van der Waals surface area contributed by atoms with E-state index in [1.807, 2.05) is 36.4 Å². The topological polar surface area (TPSA) is 82.5 Å². The fourth-order valence-electron chi connectivity index (χ4n) is 6.92. The van der Waals surface area contributed by atoms with Crippen LogP contribution in [0.25, 0.3) is 11.3 Å². The number of fused-ring (bicyclic) bond motifs is 2. The average Bonchev–Trinajstić information content (AvgIpc) is 3.05. The van der Waals surface area contributed by atoms with Crippen LogP contribution in [0.2, 0.25) is 0 Å². The lowest BCUT2D eigenvalue weighted by Crippen LogP contribution is -2.44. The number of carbonyl (C=O) groups is 1. The number of nitrogens with one attached hydrogen (secondary N) is 2. The van der Waals surface area contributed by atoms with Crippen LogP contribution in [0.3, 0.4) is 0 Å². The molecule has 44 heavy (non-hydrogen) atoms. The second-order valence-corrected chi connectivity index (χ2v) is 12.4. The average molecular weight is 593 g/mol. The summed E-state index contributed by atoms with van der Waals surface area (Å²) in [6, 6.07) is 18.4. The summed E-state index contributed by atoms with van der Waals surface area (Å²) < 4.78 is 16.4. The van der Waals surface area contributed by atoms with Gasteiger partial charge in [-0.25, -0.2) is 9.37 Å². The first-order chi connectivity index (χ1) is 21.3. The van der Waals surface area contributed by atoms with Gasteiger partial charge in [0.05, 0.1) is 11.4 Å². The number of nitrogens with zero attached hydrogens (tertiary/aromatic N) is 4. The maximum absolute atomic E-state index is 14.9. The first kappa shape index (κ1) is 28.3. The lowest BCUT2D eigenvalue weighted by molar-refractivity contribution is 0.102. The maximum Gasteiger partial charge on any atom is 0.293 e. The van der Waals surface area contributed by atoms with Crippen molar-refractivity contribution in [1.29, 1.82) is 0 Å². The molecule has 4 aliphatic rings. The van der Waals surface area contributed by atoms with Crippen LogP contribution in [0.4, 0.5) is 27.3 Å². The van der Waals surface area contributed by atoms with Crippen molar-refractivity contribution in [3.8, 4) is 11.3 Å². The fourth-order valence-corrected chi connectivity index (χ4v) is 6.92. The Balaban J connectivity index is 1.10. The van der Waals surface area contributed by atoms with Crippen molar-refractivity contribution < 1.29 is 9.18 Å². The Morgan fingerprint density at radius 1 is 0.864 bits per heavy atom. The van der Waals surface area contributed by atoms with Gasteiger partial charge in [0.25, 0.3) is 11.5 Å². The first-order valence-corrected chi connectivity index (χ1v) is 15.5. The van der Waals surface area contributed by atoms with E-state index in [4.69, 9.17) is 0 Å². The SMILES string of the molecule is CN1CCN(c2ccc(Nc3nc(-c4ccc(F)c(NC(=O)c5ccc6c(c5)C5CCC6CC5)c4)cn(C)c3=O)cc2)CC1. The van der Waals surface area contributed by atoms with E-state index in [9.17, 15) is 14.0 Å². The number of hydrogen-bond acceptors (Lipinski definition) is 6. The largest absolute Gasteiger partial charge is 0.369 e. The number of aryl methyl sites for hydroxylation is 1. The molecule has 0 unspecified atom stereocenters. The number of anilines is 4. The summed E-state index contributed by atoms with van der Waals surface area (Å²) in [7, 11) is 3.79. The van der Waals surface area contributed by atoms with E-state index in [2.05, 4.69) is 38.5 Å². The third-order valence-electron chi connectivity index (χ3n) is 9.54. The number of likely N-dealkylation sites (N-methyl/N-ethyl adjacent to an activating group) is 1. The van der Waals surface area contributed by atoms with Gasteiger partial charge in [0.2, 0.25) is 0 Å². The standard InChI is InChI=1S/C35H37FN6O2/c1-40-15-17-42(18-16-40)27-11-9-26(10-12-27)37-33-35(44)41(2)21-32(38-33)24-8-14-30(36)31(20-24)39-34(43)25-7-13-28-22-3-5-23(6-4-22)29(28)19-25/h7-14,19-23H,3-6,15-18H2,1-2H3,(H,37,38)(H,39,43). The number of halogens is 1. The summed E-state index contributed by atoms with van der Waals surface area (Å²) in [6.07, 6.45) is 6.40. The van der Waals surface area contributed by atoms with Crippen molar-refractivity contribution >= 4 is 28.8 Å². The second-order valence-electron chi connectivity index (χ2n) is 12.4. The molecule has 3 aliphatic carbocycles. The smallest absolute Gasteiger partial charge is 0.293 e. The van der Waals surface area contributed by atoms with Gasteiger partial charge in [-0.1, -0.05) is 6.07 Å². The Kier molecular flexibility index (Phi) is 7.42. The summed E-state index contributed by atoms with van der Waals surface area (Å²) in [5.41, 5.74) is 5.90. The molecule has 2 fully saturated rings. The fraction of sp³-hybridized carbons (Fsp3) is 0.343. The third-order valence-corrected chi connectivity index (χ3v) is 9.54. The van der Waals surface area contributed by atoms with Crippen molar-refractivity contribution in [2.24, 2.45) is 7.05 Å². The normalized spacial score (nSPS) is 19.5. The van der Waals surface area contributed by atoms with Crippen LogP contribution in [0.15, 0.2) is 71.7 Å². The van der Waals surface area contributed by atoms with Crippen LogP contribution in [0.1, 0.15) is 59.0 Å². The Labute approximate surface area is 256 Å². The number of hydrogen-bond donors (Lipinski definition) is 2. The minimum absolute atomic E-state index is 0.0661. The Hall–Kier alpha value is -4.50. The molecule has 1 aliphatic heterocycles. The molecular formula is C35H37FN6O2. The van der Waals surface area contributed by atoms with Gasteiger partial charge in [-0.2, -0.15) is 0 Å². The third kappa shape index (κ3) is 5.48. The predicted molar refractivity (Wildman–Crippen MR) is 173 cm³/mol. The number of rotatable bonds is 6. The number of piperazine rings is 1. The second kappa shape index (κ2) is 11.5. The van der Waals surface area contributed by atoms with E-state index in [-0.39, 0.29) is 23.0 Å². The minimum atomic E-state index is -0.539. The van der Waals surface area contributed by atoms with Crippen molar-refractivity contribution in [2.75, 3.05) is 48.8 Å². The molecule has 2 heterocycles. The highest BCUT2D eigenvalue weighted by molar-refractivity contribution is 6.04. The molecule has 0 spiro atoms. The molecule has 8 nitrogen and oxygen atoms in total. The minimum Gasteiger partial charge on any atom is -0.369 e. The van der Waals surface area contributed by atoms with Gasteiger partial charge in [-0.05, 0) is 110 Å². The van der Waals surface area contributed by atoms with Gasteiger partial charge in [0, 0.05) is 61.9 Å². The molecule has 3 aromatic carbocycles. The summed E-state index contributed by atoms with van der Waals surface area (Å²) in [4.78, 5) is 35.5. The van der Waals surface area contributed by atoms with Crippen molar-refractivity contribution in [2.45, 2.75) is 37.5 Å². The zero-order valence-electron chi connectivity index (χ0n) is 25.1. The molecule has 4 aromatic rings. The van der Waals surface area contributed by atoms with Crippen LogP contribution in [0, 0.1) is 5.82 Å². The zero-order chi connectivity index (χ0) is 30.4. The molecule has 1 aromatic heterocycles. The van der Waals surface area contributed by atoms with Crippen molar-refractivity contribution in [1.82, 2.24) is 14.5 Å². The van der Waals surface area contributed by atoms with E-state index in [1.54, 1.807) is 25.4 Å². The summed E-state index contributed by atoms with van der Waals surface area (Å²) >= 11 is 0. The highest BCUT2D eigenvalue weighted by Crippen LogP contribution is 2.49. The molecule has 2 N–H and O–H groups in total. The molecule has 0 radical (unpaired) electrons. The van der Waals surface area contributed by atoms with Crippen molar-refractivity contribution in [3.05, 3.63) is 99.7 Å². The van der Waals surface area contributed by atoms with E-state index in [0.29, 0.717) is 28.7 Å². The van der Waals surface area contributed by atoms with Crippen LogP contribution < -0.4 is 21.1 Å². The molecule has 2 bridgehead atoms. The van der Waals surface area contributed by atoms with Crippen LogP contribution in [-0.4, -0.2) is 53.6 Å². The molecule has 1 amide bonds. The van der Waals surface area contributed by atoms with E-state index < -0.39 is 5.82 Å². The summed E-state index contributed by atoms with van der Waals surface area (Å²) in [6.45, 7) is 4.00. The maximum atomic E-state index is 14.9. The predicted octanol–water partition coefficient (Wildman–Crippen LogP) is 6.09. The highest BCUT2D eigenvalue weighted by atomic mass is 19.1. The molecule has 1 saturated carbocycles. The molecule has 8 rings (SSSR count). The number of amides is 1. The first-order valence-electron chi connectivity index (χ1n) is 15.5. The van der Waals surface area contributed by atoms with Gasteiger partial charge < -0.3 is 25.0 Å². The summed E-state index contributed by atoms with van der Waals surface area (Å²) in [5, 5.41) is 5.93. The molecule has 9 heteroatoms. The Morgan fingerprint density at radius 2 is 1.57 bits per heavy atom. The quantitative estimate of drug-likeness (QED) is 0.282. The highest BCUT2D eigenvalue weighted by Gasteiger charge is 2.33. The lowest BCUT2D eigenvalue weighted by atomic mass is 9.67. The number of carbonyl (C=O) groups excluding carboxylic acids is 1. The van der Waals surface area contributed by atoms with E-state index in [1.165, 1.54) is 47.4 Å². The van der Waals surface area contributed by atoms with Crippen LogP contribution in [0.5, 0.6) is 0 Å². The Morgan fingerprint density at radius 3 is 2.30 bits per heavy atom. The van der Waals surface area contributed by atoms with Gasteiger partial charge in [-0.3, -0.25) is 9.59 Å². The van der Waals surface area contributed by atoms with E-state index in [0.717, 1.165) is 37.6 Å². The monoisotopic (exact) mass is 592 g/mol. The van der Waals surface area contributed by atoms with Crippen molar-refractivity contribution in [3.63, 3.8) is 0 Å². The zero-order valence-corrected chi connectivity index (χ0v) is 25.1. The van der Waals surface area contributed by atoms with Gasteiger partial charge >= 0.3 is 0 Å². The van der Waals surface area contributed by atoms with Crippen LogP contribution in [-0.2, 0) is 7.05 Å². The van der Waals surface area contributed by atoms with E-state index >= 15 is 0 Å². The lowest BCUT2D eigenvalue weighted by Gasteiger charge is -2.38. The van der Waals surface area contributed by atoms with Gasteiger partial charge in [0.15, 0.2) is 5.82 Å².